The Kier molecular flexibility index (Phi) is 5.78. The fourth-order valence-electron chi connectivity index (χ4n) is 5.51. The van der Waals surface area contributed by atoms with E-state index in [4.69, 9.17) is 14.2 Å². The van der Waals surface area contributed by atoms with E-state index in [2.05, 4.69) is 60.1 Å². The van der Waals surface area contributed by atoms with Crippen LogP contribution in [0.25, 0.3) is 0 Å². The Labute approximate surface area is 185 Å². The standard InChI is InChI=1S/C25H36N4O2/c1-18(2)30-21-9-7-19(8-10-21)16-29-13-11-25(12-14-29)15-22(28(3)17-25)23-26-24(31-27-23)20-5-4-6-20/h7-10,18,20,22H,4-6,11-17H2,1-3H3. The van der Waals surface area contributed by atoms with Crippen molar-refractivity contribution in [3.8, 4) is 5.75 Å². The lowest BCUT2D eigenvalue weighted by molar-refractivity contribution is 0.105. The minimum Gasteiger partial charge on any atom is -0.491 e. The van der Waals surface area contributed by atoms with Gasteiger partial charge in [-0.3, -0.25) is 9.80 Å². The predicted molar refractivity (Wildman–Crippen MR) is 120 cm³/mol. The second-order valence-corrected chi connectivity index (χ2v) is 10.3. The van der Waals surface area contributed by atoms with Crippen LogP contribution in [-0.2, 0) is 6.54 Å². The van der Waals surface area contributed by atoms with E-state index in [-0.39, 0.29) is 6.10 Å². The van der Waals surface area contributed by atoms with Gasteiger partial charge in [-0.05, 0) is 89.2 Å². The van der Waals surface area contributed by atoms with Crippen molar-refractivity contribution < 1.29 is 9.26 Å². The van der Waals surface area contributed by atoms with E-state index in [0.29, 0.717) is 17.4 Å². The van der Waals surface area contributed by atoms with Crippen molar-refractivity contribution in [3.63, 3.8) is 0 Å². The van der Waals surface area contributed by atoms with Gasteiger partial charge in [-0.15, -0.1) is 0 Å². The van der Waals surface area contributed by atoms with Gasteiger partial charge < -0.3 is 9.26 Å². The number of rotatable bonds is 6. The van der Waals surface area contributed by atoms with Crippen LogP contribution in [0, 0.1) is 5.41 Å². The first-order chi connectivity index (χ1) is 15.0. The Bertz CT molecular complexity index is 866. The number of piperidine rings is 1. The van der Waals surface area contributed by atoms with Crippen LogP contribution in [0.4, 0.5) is 0 Å². The van der Waals surface area contributed by atoms with Crippen LogP contribution in [0.5, 0.6) is 5.75 Å². The Balaban J connectivity index is 1.16. The highest BCUT2D eigenvalue weighted by atomic mass is 16.5. The Morgan fingerprint density at radius 3 is 2.55 bits per heavy atom. The number of benzene rings is 1. The second kappa shape index (κ2) is 8.55. The third kappa shape index (κ3) is 4.51. The highest BCUT2D eigenvalue weighted by Crippen LogP contribution is 2.48. The number of nitrogens with zero attached hydrogens (tertiary/aromatic N) is 4. The van der Waals surface area contributed by atoms with Crippen LogP contribution in [0.3, 0.4) is 0 Å². The average Bonchev–Trinajstić information content (AvgIpc) is 3.28. The van der Waals surface area contributed by atoms with E-state index < -0.39 is 0 Å². The van der Waals surface area contributed by atoms with Crippen LogP contribution in [0.1, 0.15) is 81.6 Å². The quantitative estimate of drug-likeness (QED) is 0.665. The zero-order valence-corrected chi connectivity index (χ0v) is 19.2. The molecular weight excluding hydrogens is 388 g/mol. The van der Waals surface area contributed by atoms with Crippen molar-refractivity contribution in [1.29, 1.82) is 0 Å². The molecule has 168 valence electrons. The van der Waals surface area contributed by atoms with Crippen LogP contribution in [-0.4, -0.2) is 52.7 Å². The summed E-state index contributed by atoms with van der Waals surface area (Å²) in [5, 5.41) is 4.38. The molecule has 5 rings (SSSR count). The largest absolute Gasteiger partial charge is 0.491 e. The maximum Gasteiger partial charge on any atom is 0.229 e. The summed E-state index contributed by atoms with van der Waals surface area (Å²) < 4.78 is 11.4. The van der Waals surface area contributed by atoms with Gasteiger partial charge in [-0.25, -0.2) is 0 Å². The monoisotopic (exact) mass is 424 g/mol. The van der Waals surface area contributed by atoms with Crippen LogP contribution >= 0.6 is 0 Å². The number of hydrogen-bond donors (Lipinski definition) is 0. The smallest absolute Gasteiger partial charge is 0.229 e. The lowest BCUT2D eigenvalue weighted by Gasteiger charge is -2.39. The third-order valence-electron chi connectivity index (χ3n) is 7.57. The Hall–Kier alpha value is -1.92. The molecule has 2 saturated heterocycles. The van der Waals surface area contributed by atoms with Gasteiger partial charge in [0.05, 0.1) is 12.1 Å². The molecule has 3 heterocycles. The van der Waals surface area contributed by atoms with Crippen molar-refractivity contribution in [3.05, 3.63) is 41.5 Å². The van der Waals surface area contributed by atoms with Gasteiger partial charge in [0.15, 0.2) is 5.82 Å². The Morgan fingerprint density at radius 1 is 1.16 bits per heavy atom. The van der Waals surface area contributed by atoms with E-state index >= 15 is 0 Å². The average molecular weight is 425 g/mol. The molecule has 0 bridgehead atoms. The molecule has 0 radical (unpaired) electrons. The first kappa shape index (κ1) is 21.0. The fourth-order valence-corrected chi connectivity index (χ4v) is 5.51. The van der Waals surface area contributed by atoms with Gasteiger partial charge in [0, 0.05) is 19.0 Å². The van der Waals surface area contributed by atoms with Crippen LogP contribution < -0.4 is 4.74 Å². The number of aromatic nitrogens is 2. The number of ether oxygens (including phenoxy) is 1. The maximum absolute atomic E-state index is 5.77. The molecule has 31 heavy (non-hydrogen) atoms. The zero-order chi connectivity index (χ0) is 21.4. The summed E-state index contributed by atoms with van der Waals surface area (Å²) in [7, 11) is 2.23. The number of hydrogen-bond acceptors (Lipinski definition) is 6. The van der Waals surface area contributed by atoms with Gasteiger partial charge in [-0.1, -0.05) is 23.7 Å². The molecule has 6 nitrogen and oxygen atoms in total. The molecule has 1 spiro atoms. The molecule has 1 aromatic heterocycles. The zero-order valence-electron chi connectivity index (χ0n) is 19.2. The summed E-state index contributed by atoms with van der Waals surface area (Å²) >= 11 is 0. The Morgan fingerprint density at radius 2 is 1.90 bits per heavy atom. The van der Waals surface area contributed by atoms with Crippen molar-refractivity contribution >= 4 is 0 Å². The van der Waals surface area contributed by atoms with Crippen LogP contribution in [0.2, 0.25) is 0 Å². The van der Waals surface area contributed by atoms with E-state index in [1.165, 1.54) is 37.7 Å². The van der Waals surface area contributed by atoms with Crippen molar-refractivity contribution in [2.75, 3.05) is 26.7 Å². The van der Waals surface area contributed by atoms with Crippen molar-refractivity contribution in [2.24, 2.45) is 5.41 Å². The third-order valence-corrected chi connectivity index (χ3v) is 7.57. The van der Waals surface area contributed by atoms with E-state index in [1.807, 2.05) is 0 Å². The van der Waals surface area contributed by atoms with E-state index in [0.717, 1.165) is 50.1 Å². The molecule has 1 aliphatic carbocycles. The summed E-state index contributed by atoms with van der Waals surface area (Å²) in [6, 6.07) is 8.91. The normalized spacial score (nSPS) is 24.7. The van der Waals surface area contributed by atoms with Crippen molar-refractivity contribution in [2.45, 2.75) is 77.0 Å². The van der Waals surface area contributed by atoms with Gasteiger partial charge in [0.25, 0.3) is 0 Å². The molecule has 3 aliphatic rings. The van der Waals surface area contributed by atoms with Gasteiger partial charge in [-0.2, -0.15) is 4.98 Å². The predicted octanol–water partition coefficient (Wildman–Crippen LogP) is 4.78. The lowest BCUT2D eigenvalue weighted by Crippen LogP contribution is -2.40. The minimum absolute atomic E-state index is 0.217. The summed E-state index contributed by atoms with van der Waals surface area (Å²) in [6.45, 7) is 8.60. The first-order valence-electron chi connectivity index (χ1n) is 12.0. The van der Waals surface area contributed by atoms with Gasteiger partial charge >= 0.3 is 0 Å². The highest BCUT2D eigenvalue weighted by Gasteiger charge is 2.46. The lowest BCUT2D eigenvalue weighted by atomic mass is 9.76. The fraction of sp³-hybridized carbons (Fsp3) is 0.680. The molecule has 0 N–H and O–H groups in total. The molecule has 0 amide bonds. The molecule has 1 unspecified atom stereocenters. The highest BCUT2D eigenvalue weighted by molar-refractivity contribution is 5.27. The molecule has 2 aromatic rings. The summed E-state index contributed by atoms with van der Waals surface area (Å²) in [6.07, 6.45) is 7.56. The topological polar surface area (TPSA) is 54.6 Å². The van der Waals surface area contributed by atoms with Crippen molar-refractivity contribution in [1.82, 2.24) is 19.9 Å². The molecule has 1 saturated carbocycles. The maximum atomic E-state index is 5.77. The summed E-state index contributed by atoms with van der Waals surface area (Å²) in [5.41, 5.74) is 1.76. The van der Waals surface area contributed by atoms with E-state index in [1.54, 1.807) is 0 Å². The molecule has 1 atom stereocenters. The van der Waals surface area contributed by atoms with Gasteiger partial charge in [0.1, 0.15) is 5.75 Å². The van der Waals surface area contributed by atoms with Crippen LogP contribution in [0.15, 0.2) is 28.8 Å². The SMILES string of the molecule is CC(C)Oc1ccc(CN2CCC3(CC2)CC(c2noc(C4CCC4)n2)N(C)C3)cc1. The van der Waals surface area contributed by atoms with E-state index in [9.17, 15) is 0 Å². The summed E-state index contributed by atoms with van der Waals surface area (Å²) in [4.78, 5) is 9.85. The molecule has 6 heteroatoms. The summed E-state index contributed by atoms with van der Waals surface area (Å²) in [5.74, 6) is 3.25. The second-order valence-electron chi connectivity index (χ2n) is 10.3. The van der Waals surface area contributed by atoms with Gasteiger partial charge in [0.2, 0.25) is 5.89 Å². The first-order valence-corrected chi connectivity index (χ1v) is 12.0. The molecular formula is C25H36N4O2. The molecule has 2 aliphatic heterocycles. The number of likely N-dealkylation sites (tertiary alicyclic amines) is 2. The molecule has 3 fully saturated rings. The minimum atomic E-state index is 0.217. The molecule has 1 aromatic carbocycles.